The van der Waals surface area contributed by atoms with Crippen molar-refractivity contribution < 1.29 is 19.1 Å². The molecule has 0 aromatic heterocycles. The molecule has 1 aliphatic rings. The zero-order valence-electron chi connectivity index (χ0n) is 19.0. The van der Waals surface area contributed by atoms with E-state index in [0.29, 0.717) is 16.9 Å². The van der Waals surface area contributed by atoms with E-state index < -0.39 is 23.8 Å². The van der Waals surface area contributed by atoms with Gasteiger partial charge >= 0.3 is 5.97 Å². The van der Waals surface area contributed by atoms with Crippen LogP contribution >= 0.6 is 0 Å². The molecule has 0 N–H and O–H groups in total. The lowest BCUT2D eigenvalue weighted by molar-refractivity contribution is -0.138. The minimum Gasteiger partial charge on any atom is -0.425 e. The smallest absolute Gasteiger partial charge is 0.335 e. The number of carbonyl (C=O) groups is 3. The second-order valence-electron chi connectivity index (χ2n) is 8.46. The van der Waals surface area contributed by atoms with Crippen molar-refractivity contribution in [1.29, 1.82) is 0 Å². The summed E-state index contributed by atoms with van der Waals surface area (Å²) in [5.74, 6) is -1.26. The Morgan fingerprint density at radius 3 is 1.69 bits per heavy atom. The lowest BCUT2D eigenvalue weighted by atomic mass is 10.0. The number of ether oxygens (including phenoxy) is 1. The van der Waals surface area contributed by atoms with Gasteiger partial charge in [0.15, 0.2) is 0 Å². The molecule has 1 heterocycles. The number of fused-ring (bicyclic) bond motifs is 1. The standard InChI is InChI=1S/C30H23NO4/c32-28-25-13-7-8-14-26(25)29(33)31(28)27(20-22-11-5-2-6-12-22)30(34)35-24-17-15-23(16-18-24)19-21-9-3-1-4-10-21/h1-18,27H,19-20H2/t27-/m0/s1. The predicted octanol–water partition coefficient (Wildman–Crippen LogP) is 5.09. The molecule has 4 aromatic rings. The van der Waals surface area contributed by atoms with Gasteiger partial charge in [-0.1, -0.05) is 84.9 Å². The SMILES string of the molecule is O=C(Oc1ccc(Cc2ccccc2)cc1)[C@H](Cc1ccccc1)N1C(=O)c2ccccc2C1=O. The van der Waals surface area contributed by atoms with E-state index in [2.05, 4.69) is 12.1 Å². The van der Waals surface area contributed by atoms with Crippen LogP contribution in [0.4, 0.5) is 0 Å². The van der Waals surface area contributed by atoms with Crippen molar-refractivity contribution in [2.24, 2.45) is 0 Å². The molecule has 35 heavy (non-hydrogen) atoms. The Morgan fingerprint density at radius 2 is 1.11 bits per heavy atom. The van der Waals surface area contributed by atoms with Gasteiger partial charge in [-0.05, 0) is 47.4 Å². The quantitative estimate of drug-likeness (QED) is 0.218. The third-order valence-corrected chi connectivity index (χ3v) is 6.07. The summed E-state index contributed by atoms with van der Waals surface area (Å²) in [5, 5.41) is 0. The maximum Gasteiger partial charge on any atom is 0.335 e. The molecule has 172 valence electrons. The summed E-state index contributed by atoms with van der Waals surface area (Å²) in [6, 6.07) is 32.2. The molecule has 1 atom stereocenters. The van der Waals surface area contributed by atoms with E-state index in [1.165, 1.54) is 5.56 Å². The topological polar surface area (TPSA) is 63.7 Å². The maximum atomic E-state index is 13.4. The molecule has 0 unspecified atom stereocenters. The number of nitrogens with zero attached hydrogens (tertiary/aromatic N) is 1. The first-order chi connectivity index (χ1) is 17.1. The van der Waals surface area contributed by atoms with Crippen molar-refractivity contribution in [1.82, 2.24) is 4.90 Å². The van der Waals surface area contributed by atoms with Crippen LogP contribution in [0.3, 0.4) is 0 Å². The fourth-order valence-corrected chi connectivity index (χ4v) is 4.30. The minimum atomic E-state index is -1.09. The van der Waals surface area contributed by atoms with Crippen LogP contribution in [0.15, 0.2) is 109 Å². The van der Waals surface area contributed by atoms with Crippen molar-refractivity contribution in [2.45, 2.75) is 18.9 Å². The van der Waals surface area contributed by atoms with Crippen LogP contribution < -0.4 is 4.74 Å². The van der Waals surface area contributed by atoms with Crippen LogP contribution in [0.1, 0.15) is 37.4 Å². The second kappa shape index (κ2) is 9.77. The number of amides is 2. The van der Waals surface area contributed by atoms with E-state index in [9.17, 15) is 14.4 Å². The third kappa shape index (κ3) is 4.75. The highest BCUT2D eigenvalue weighted by Gasteiger charge is 2.43. The predicted molar refractivity (Wildman–Crippen MR) is 132 cm³/mol. The maximum absolute atomic E-state index is 13.4. The highest BCUT2D eigenvalue weighted by atomic mass is 16.5. The highest BCUT2D eigenvalue weighted by molar-refractivity contribution is 6.22. The Morgan fingerprint density at radius 1 is 0.629 bits per heavy atom. The molecule has 1 aliphatic heterocycles. The van der Waals surface area contributed by atoms with E-state index in [1.807, 2.05) is 60.7 Å². The molecule has 4 aromatic carbocycles. The molecular formula is C30H23NO4. The highest BCUT2D eigenvalue weighted by Crippen LogP contribution is 2.27. The van der Waals surface area contributed by atoms with Gasteiger partial charge in [0.25, 0.3) is 11.8 Å². The molecule has 0 saturated heterocycles. The van der Waals surface area contributed by atoms with Crippen LogP contribution in [0.2, 0.25) is 0 Å². The molecule has 0 bridgehead atoms. The monoisotopic (exact) mass is 461 g/mol. The summed E-state index contributed by atoms with van der Waals surface area (Å²) in [4.78, 5) is 40.6. The summed E-state index contributed by atoms with van der Waals surface area (Å²) >= 11 is 0. The summed E-state index contributed by atoms with van der Waals surface area (Å²) in [7, 11) is 0. The van der Waals surface area contributed by atoms with Gasteiger partial charge in [0.2, 0.25) is 0 Å². The van der Waals surface area contributed by atoms with Gasteiger partial charge < -0.3 is 4.74 Å². The Balaban J connectivity index is 1.38. The third-order valence-electron chi connectivity index (χ3n) is 6.07. The zero-order valence-corrected chi connectivity index (χ0v) is 19.0. The number of imide groups is 1. The first-order valence-electron chi connectivity index (χ1n) is 11.5. The fraction of sp³-hybridized carbons (Fsp3) is 0.100. The average Bonchev–Trinajstić information content (AvgIpc) is 3.15. The number of benzene rings is 4. The summed E-state index contributed by atoms with van der Waals surface area (Å²) < 4.78 is 5.68. The molecule has 2 amide bonds. The molecule has 5 heteroatoms. The largest absolute Gasteiger partial charge is 0.425 e. The molecule has 0 radical (unpaired) electrons. The van der Waals surface area contributed by atoms with Crippen molar-refractivity contribution in [2.75, 3.05) is 0 Å². The average molecular weight is 462 g/mol. The van der Waals surface area contributed by atoms with Gasteiger partial charge in [-0.3, -0.25) is 14.5 Å². The molecule has 0 aliphatic carbocycles. The molecule has 0 saturated carbocycles. The van der Waals surface area contributed by atoms with Gasteiger partial charge in [-0.25, -0.2) is 4.79 Å². The van der Waals surface area contributed by atoms with Crippen LogP contribution in [0.5, 0.6) is 5.75 Å². The van der Waals surface area contributed by atoms with E-state index in [-0.39, 0.29) is 6.42 Å². The molecule has 0 fully saturated rings. The van der Waals surface area contributed by atoms with Crippen molar-refractivity contribution in [3.63, 3.8) is 0 Å². The number of rotatable bonds is 7. The van der Waals surface area contributed by atoms with Crippen LogP contribution in [-0.4, -0.2) is 28.7 Å². The summed E-state index contributed by atoms with van der Waals surface area (Å²) in [6.45, 7) is 0. The lowest BCUT2D eigenvalue weighted by Crippen LogP contribution is -2.48. The minimum absolute atomic E-state index is 0.164. The Bertz CT molecular complexity index is 1330. The van der Waals surface area contributed by atoms with E-state index >= 15 is 0 Å². The number of esters is 1. The van der Waals surface area contributed by atoms with Crippen LogP contribution in [-0.2, 0) is 17.6 Å². The number of hydrogen-bond donors (Lipinski definition) is 0. The number of carbonyl (C=O) groups excluding carboxylic acids is 3. The number of hydrogen-bond acceptors (Lipinski definition) is 4. The van der Waals surface area contributed by atoms with Crippen LogP contribution in [0, 0.1) is 0 Å². The Hall–Kier alpha value is -4.51. The first-order valence-corrected chi connectivity index (χ1v) is 11.5. The lowest BCUT2D eigenvalue weighted by Gasteiger charge is -2.24. The van der Waals surface area contributed by atoms with Gasteiger partial charge in [0, 0.05) is 6.42 Å². The van der Waals surface area contributed by atoms with Crippen molar-refractivity contribution in [3.8, 4) is 5.75 Å². The summed E-state index contributed by atoms with van der Waals surface area (Å²) in [5.41, 5.74) is 3.69. The Labute approximate surface area is 203 Å². The van der Waals surface area contributed by atoms with E-state index in [0.717, 1.165) is 22.4 Å². The van der Waals surface area contributed by atoms with Gasteiger partial charge in [-0.2, -0.15) is 0 Å². The molecular weight excluding hydrogens is 438 g/mol. The summed E-state index contributed by atoms with van der Waals surface area (Å²) in [6.07, 6.45) is 0.929. The van der Waals surface area contributed by atoms with E-state index in [1.54, 1.807) is 36.4 Å². The Kier molecular flexibility index (Phi) is 6.22. The van der Waals surface area contributed by atoms with Gasteiger partial charge in [0.1, 0.15) is 11.8 Å². The van der Waals surface area contributed by atoms with Crippen molar-refractivity contribution >= 4 is 17.8 Å². The molecule has 5 rings (SSSR count). The first kappa shape index (κ1) is 22.3. The zero-order chi connectivity index (χ0) is 24.2. The van der Waals surface area contributed by atoms with E-state index in [4.69, 9.17) is 4.74 Å². The van der Waals surface area contributed by atoms with Crippen LogP contribution in [0.25, 0.3) is 0 Å². The molecule has 5 nitrogen and oxygen atoms in total. The normalized spacial score (nSPS) is 13.4. The molecule has 0 spiro atoms. The fourth-order valence-electron chi connectivity index (χ4n) is 4.30. The van der Waals surface area contributed by atoms with Gasteiger partial charge in [-0.15, -0.1) is 0 Å². The second-order valence-corrected chi connectivity index (χ2v) is 8.46. The van der Waals surface area contributed by atoms with Crippen molar-refractivity contribution in [3.05, 3.63) is 137 Å². The van der Waals surface area contributed by atoms with Gasteiger partial charge in [0.05, 0.1) is 11.1 Å².